The number of aromatic nitrogens is 1. The second-order valence-electron chi connectivity index (χ2n) is 5.36. The average Bonchev–Trinajstić information content (AvgIpc) is 2.64. The maximum atomic E-state index is 6.17. The third-order valence-electron chi connectivity index (χ3n) is 2.37. The Hall–Kier alpha value is -0.860. The lowest BCUT2D eigenvalue weighted by atomic mass is 9.91. The van der Waals surface area contributed by atoms with Gasteiger partial charge < -0.3 is 0 Å². The predicted molar refractivity (Wildman–Crippen MR) is 75.7 cm³/mol. The van der Waals surface area contributed by atoms with E-state index in [1.165, 1.54) is 0 Å². The molecule has 2 aromatic rings. The van der Waals surface area contributed by atoms with E-state index in [0.717, 1.165) is 27.7 Å². The minimum absolute atomic E-state index is 0.270. The Balaban J connectivity index is 2.28. The van der Waals surface area contributed by atoms with Gasteiger partial charge in [0.15, 0.2) is 0 Å². The fourth-order valence-corrected chi connectivity index (χ4v) is 2.83. The van der Waals surface area contributed by atoms with Crippen LogP contribution in [0.25, 0.3) is 10.6 Å². The number of hydrogen-bond acceptors (Lipinski definition) is 2. The van der Waals surface area contributed by atoms with Gasteiger partial charge in [-0.05, 0) is 17.9 Å². The SMILES string of the molecule is CC(C)(C)Cc1csc(-c2ccccc2Cl)n1. The zero-order chi connectivity index (χ0) is 12.5. The number of hydrogen-bond donors (Lipinski definition) is 0. The van der Waals surface area contributed by atoms with Gasteiger partial charge in [-0.25, -0.2) is 4.98 Å². The largest absolute Gasteiger partial charge is 0.241 e. The van der Waals surface area contributed by atoms with Gasteiger partial charge in [-0.1, -0.05) is 50.6 Å². The second-order valence-corrected chi connectivity index (χ2v) is 6.63. The van der Waals surface area contributed by atoms with Crippen molar-refractivity contribution in [3.8, 4) is 10.6 Å². The fraction of sp³-hybridized carbons (Fsp3) is 0.357. The molecule has 0 aliphatic heterocycles. The predicted octanol–water partition coefficient (Wildman–Crippen LogP) is 5.05. The Morgan fingerprint density at radius 1 is 1.24 bits per heavy atom. The lowest BCUT2D eigenvalue weighted by Gasteiger charge is -2.15. The van der Waals surface area contributed by atoms with Gasteiger partial charge in [0, 0.05) is 10.9 Å². The monoisotopic (exact) mass is 265 g/mol. The fourth-order valence-electron chi connectivity index (χ4n) is 1.69. The molecule has 1 aromatic carbocycles. The number of benzene rings is 1. The summed E-state index contributed by atoms with van der Waals surface area (Å²) in [7, 11) is 0. The first-order chi connectivity index (χ1) is 7.96. The van der Waals surface area contributed by atoms with Crippen molar-refractivity contribution in [1.82, 2.24) is 4.98 Å². The van der Waals surface area contributed by atoms with Crippen LogP contribution in [0.5, 0.6) is 0 Å². The summed E-state index contributed by atoms with van der Waals surface area (Å²) in [5.41, 5.74) is 2.45. The maximum absolute atomic E-state index is 6.17. The third-order valence-corrected chi connectivity index (χ3v) is 3.62. The topological polar surface area (TPSA) is 12.9 Å². The Morgan fingerprint density at radius 3 is 2.59 bits per heavy atom. The molecule has 0 saturated carbocycles. The molecule has 0 aliphatic rings. The van der Waals surface area contributed by atoms with E-state index in [9.17, 15) is 0 Å². The molecule has 1 aromatic heterocycles. The molecule has 0 aliphatic carbocycles. The molecule has 0 spiro atoms. The van der Waals surface area contributed by atoms with E-state index in [0.29, 0.717) is 0 Å². The highest BCUT2D eigenvalue weighted by Gasteiger charge is 2.14. The van der Waals surface area contributed by atoms with Crippen molar-refractivity contribution in [2.45, 2.75) is 27.2 Å². The van der Waals surface area contributed by atoms with Crippen LogP contribution >= 0.6 is 22.9 Å². The van der Waals surface area contributed by atoms with Crippen molar-refractivity contribution in [2.75, 3.05) is 0 Å². The smallest absolute Gasteiger partial charge is 0.125 e. The van der Waals surface area contributed by atoms with E-state index in [4.69, 9.17) is 11.6 Å². The maximum Gasteiger partial charge on any atom is 0.125 e. The molecular weight excluding hydrogens is 250 g/mol. The summed E-state index contributed by atoms with van der Waals surface area (Å²) in [4.78, 5) is 4.66. The Labute approximate surface area is 111 Å². The Morgan fingerprint density at radius 2 is 1.94 bits per heavy atom. The lowest BCUT2D eigenvalue weighted by Crippen LogP contribution is -2.09. The summed E-state index contributed by atoms with van der Waals surface area (Å²) >= 11 is 7.83. The summed E-state index contributed by atoms with van der Waals surface area (Å²) in [6.07, 6.45) is 0.994. The first-order valence-corrected chi connectivity index (χ1v) is 6.91. The molecule has 0 atom stereocenters. The van der Waals surface area contributed by atoms with Crippen LogP contribution in [0.15, 0.2) is 29.6 Å². The van der Waals surface area contributed by atoms with Crippen molar-refractivity contribution in [2.24, 2.45) is 5.41 Å². The first kappa shape index (κ1) is 12.6. The number of rotatable bonds is 2. The molecule has 3 heteroatoms. The molecule has 0 bridgehead atoms. The molecular formula is C14H16ClNS. The highest BCUT2D eigenvalue weighted by molar-refractivity contribution is 7.13. The van der Waals surface area contributed by atoms with Gasteiger partial charge in [0.1, 0.15) is 5.01 Å². The van der Waals surface area contributed by atoms with Crippen LogP contribution in [0.1, 0.15) is 26.5 Å². The van der Waals surface area contributed by atoms with Crippen LogP contribution in [-0.2, 0) is 6.42 Å². The van der Waals surface area contributed by atoms with E-state index in [2.05, 4.69) is 31.1 Å². The number of nitrogens with zero attached hydrogens (tertiary/aromatic N) is 1. The summed E-state index contributed by atoms with van der Waals surface area (Å²) in [5.74, 6) is 0. The third kappa shape index (κ3) is 3.30. The van der Waals surface area contributed by atoms with Gasteiger partial charge in [-0.2, -0.15) is 0 Å². The summed E-state index contributed by atoms with van der Waals surface area (Å²) in [6, 6.07) is 7.85. The van der Waals surface area contributed by atoms with Gasteiger partial charge >= 0.3 is 0 Å². The zero-order valence-corrected chi connectivity index (χ0v) is 11.9. The molecule has 1 heterocycles. The normalized spacial score (nSPS) is 11.8. The van der Waals surface area contributed by atoms with Crippen LogP contribution in [-0.4, -0.2) is 4.98 Å². The molecule has 0 saturated heterocycles. The standard InChI is InChI=1S/C14H16ClNS/c1-14(2,3)8-10-9-17-13(16-10)11-6-4-5-7-12(11)15/h4-7,9H,8H2,1-3H3. The zero-order valence-electron chi connectivity index (χ0n) is 10.3. The van der Waals surface area contributed by atoms with Gasteiger partial charge in [-0.3, -0.25) is 0 Å². The van der Waals surface area contributed by atoms with Gasteiger partial charge in [-0.15, -0.1) is 11.3 Å². The quantitative estimate of drug-likeness (QED) is 0.740. The van der Waals surface area contributed by atoms with Crippen LogP contribution in [0.4, 0.5) is 0 Å². The van der Waals surface area contributed by atoms with Crippen molar-refractivity contribution in [3.05, 3.63) is 40.4 Å². The van der Waals surface area contributed by atoms with Crippen molar-refractivity contribution >= 4 is 22.9 Å². The van der Waals surface area contributed by atoms with Crippen LogP contribution in [0.3, 0.4) is 0 Å². The number of halogens is 1. The molecule has 0 fully saturated rings. The Kier molecular flexibility index (Phi) is 3.55. The van der Waals surface area contributed by atoms with E-state index in [-0.39, 0.29) is 5.41 Å². The second kappa shape index (κ2) is 4.79. The lowest BCUT2D eigenvalue weighted by molar-refractivity contribution is 0.407. The highest BCUT2D eigenvalue weighted by Crippen LogP contribution is 2.31. The van der Waals surface area contributed by atoms with E-state index >= 15 is 0 Å². The van der Waals surface area contributed by atoms with Crippen LogP contribution in [0.2, 0.25) is 5.02 Å². The number of thiazole rings is 1. The summed E-state index contributed by atoms with van der Waals surface area (Å²) < 4.78 is 0. The molecule has 0 unspecified atom stereocenters. The minimum Gasteiger partial charge on any atom is -0.241 e. The van der Waals surface area contributed by atoms with E-state index in [1.807, 2.05) is 24.3 Å². The van der Waals surface area contributed by atoms with Gasteiger partial charge in [0.25, 0.3) is 0 Å². The van der Waals surface area contributed by atoms with E-state index < -0.39 is 0 Å². The van der Waals surface area contributed by atoms with Gasteiger partial charge in [0.2, 0.25) is 0 Å². The molecule has 2 rings (SSSR count). The molecule has 1 nitrogen and oxygen atoms in total. The summed E-state index contributed by atoms with van der Waals surface area (Å²) in [5, 5.41) is 3.91. The molecule has 0 radical (unpaired) electrons. The minimum atomic E-state index is 0.270. The van der Waals surface area contributed by atoms with Crippen molar-refractivity contribution in [3.63, 3.8) is 0 Å². The molecule has 90 valence electrons. The average molecular weight is 266 g/mol. The van der Waals surface area contributed by atoms with Crippen LogP contribution < -0.4 is 0 Å². The highest BCUT2D eigenvalue weighted by atomic mass is 35.5. The van der Waals surface area contributed by atoms with Crippen molar-refractivity contribution in [1.29, 1.82) is 0 Å². The molecule has 0 N–H and O–H groups in total. The molecule has 17 heavy (non-hydrogen) atoms. The van der Waals surface area contributed by atoms with Crippen LogP contribution in [0, 0.1) is 5.41 Å². The van der Waals surface area contributed by atoms with Gasteiger partial charge in [0.05, 0.1) is 10.7 Å². The Bertz CT molecular complexity index is 511. The summed E-state index contributed by atoms with van der Waals surface area (Å²) in [6.45, 7) is 6.67. The molecule has 0 amide bonds. The van der Waals surface area contributed by atoms with Crippen molar-refractivity contribution < 1.29 is 0 Å². The first-order valence-electron chi connectivity index (χ1n) is 5.65. The van der Waals surface area contributed by atoms with E-state index in [1.54, 1.807) is 11.3 Å².